The van der Waals surface area contributed by atoms with Crippen molar-refractivity contribution in [2.75, 3.05) is 13.7 Å². The SMILES string of the molecule is COC(=O)CC(C)SC1CCOC1C. The highest BCUT2D eigenvalue weighted by molar-refractivity contribution is 8.00. The molecule has 1 saturated heterocycles. The number of esters is 1. The average Bonchev–Trinajstić information content (AvgIpc) is 2.51. The third-order valence-corrected chi connectivity index (χ3v) is 4.00. The summed E-state index contributed by atoms with van der Waals surface area (Å²) < 4.78 is 10.1. The molecule has 1 rings (SSSR count). The molecule has 0 saturated carbocycles. The van der Waals surface area contributed by atoms with Gasteiger partial charge in [0.15, 0.2) is 0 Å². The van der Waals surface area contributed by atoms with E-state index in [1.807, 2.05) is 11.8 Å². The molecule has 1 fully saturated rings. The first-order valence-electron chi connectivity index (χ1n) is 4.97. The number of ether oxygens (including phenoxy) is 2. The van der Waals surface area contributed by atoms with E-state index in [0.29, 0.717) is 23.0 Å². The zero-order chi connectivity index (χ0) is 10.6. The van der Waals surface area contributed by atoms with Gasteiger partial charge in [0.05, 0.1) is 19.6 Å². The molecule has 1 aliphatic heterocycles. The maximum absolute atomic E-state index is 11.0. The Bertz CT molecular complexity index is 196. The Kier molecular flexibility index (Phi) is 4.75. The number of carbonyl (C=O) groups is 1. The summed E-state index contributed by atoms with van der Waals surface area (Å²) in [4.78, 5) is 11.0. The van der Waals surface area contributed by atoms with E-state index in [2.05, 4.69) is 18.6 Å². The van der Waals surface area contributed by atoms with Gasteiger partial charge in [0.25, 0.3) is 0 Å². The van der Waals surface area contributed by atoms with E-state index < -0.39 is 0 Å². The number of methoxy groups -OCH3 is 1. The van der Waals surface area contributed by atoms with Crippen LogP contribution < -0.4 is 0 Å². The number of hydrogen-bond donors (Lipinski definition) is 0. The molecule has 14 heavy (non-hydrogen) atoms. The monoisotopic (exact) mass is 218 g/mol. The number of hydrogen-bond acceptors (Lipinski definition) is 4. The molecule has 3 atom stereocenters. The molecular weight excluding hydrogens is 200 g/mol. The van der Waals surface area contributed by atoms with Gasteiger partial charge in [-0.2, -0.15) is 11.8 Å². The van der Waals surface area contributed by atoms with Gasteiger partial charge in [-0.3, -0.25) is 4.79 Å². The van der Waals surface area contributed by atoms with Gasteiger partial charge in [0, 0.05) is 17.1 Å². The normalized spacial score (nSPS) is 28.8. The van der Waals surface area contributed by atoms with E-state index in [9.17, 15) is 4.79 Å². The molecule has 0 aromatic carbocycles. The molecule has 0 amide bonds. The largest absolute Gasteiger partial charge is 0.469 e. The van der Waals surface area contributed by atoms with Crippen molar-refractivity contribution in [3.63, 3.8) is 0 Å². The Morgan fingerprint density at radius 1 is 1.71 bits per heavy atom. The second kappa shape index (κ2) is 5.61. The molecule has 0 spiro atoms. The lowest BCUT2D eigenvalue weighted by Gasteiger charge is -2.17. The van der Waals surface area contributed by atoms with E-state index in [0.717, 1.165) is 13.0 Å². The highest BCUT2D eigenvalue weighted by Crippen LogP contribution is 2.30. The summed E-state index contributed by atoms with van der Waals surface area (Å²) in [6.45, 7) is 5.01. The molecule has 0 aromatic heterocycles. The van der Waals surface area contributed by atoms with Crippen LogP contribution in [0.25, 0.3) is 0 Å². The first kappa shape index (κ1) is 11.9. The summed E-state index contributed by atoms with van der Waals surface area (Å²) in [5.74, 6) is -0.128. The molecule has 3 nitrogen and oxygen atoms in total. The van der Waals surface area contributed by atoms with Crippen molar-refractivity contribution in [2.24, 2.45) is 0 Å². The minimum Gasteiger partial charge on any atom is -0.469 e. The first-order valence-corrected chi connectivity index (χ1v) is 5.91. The zero-order valence-corrected chi connectivity index (χ0v) is 9.80. The van der Waals surface area contributed by atoms with Gasteiger partial charge in [-0.15, -0.1) is 0 Å². The summed E-state index contributed by atoms with van der Waals surface area (Å²) in [7, 11) is 1.43. The fourth-order valence-electron chi connectivity index (χ4n) is 1.56. The zero-order valence-electron chi connectivity index (χ0n) is 8.99. The number of rotatable bonds is 4. The summed E-state index contributed by atoms with van der Waals surface area (Å²) in [6.07, 6.45) is 1.90. The summed E-state index contributed by atoms with van der Waals surface area (Å²) in [5.41, 5.74) is 0. The van der Waals surface area contributed by atoms with Gasteiger partial charge in [0.2, 0.25) is 0 Å². The smallest absolute Gasteiger partial charge is 0.306 e. The third kappa shape index (κ3) is 3.50. The second-order valence-electron chi connectivity index (χ2n) is 3.63. The van der Waals surface area contributed by atoms with E-state index in [4.69, 9.17) is 4.74 Å². The van der Waals surface area contributed by atoms with Crippen molar-refractivity contribution in [3.8, 4) is 0 Å². The molecule has 1 heterocycles. The molecule has 4 heteroatoms. The summed E-state index contributed by atoms with van der Waals surface area (Å²) >= 11 is 1.83. The molecule has 0 aromatic rings. The fourth-order valence-corrected chi connectivity index (χ4v) is 2.92. The van der Waals surface area contributed by atoms with Crippen molar-refractivity contribution >= 4 is 17.7 Å². The topological polar surface area (TPSA) is 35.5 Å². The molecule has 82 valence electrons. The molecule has 0 bridgehead atoms. The van der Waals surface area contributed by atoms with Crippen molar-refractivity contribution in [1.29, 1.82) is 0 Å². The highest BCUT2D eigenvalue weighted by Gasteiger charge is 2.27. The van der Waals surface area contributed by atoms with Gasteiger partial charge in [-0.1, -0.05) is 6.92 Å². The number of thioether (sulfide) groups is 1. The predicted molar refractivity (Wildman–Crippen MR) is 57.5 cm³/mol. The van der Waals surface area contributed by atoms with Crippen LogP contribution in [0.1, 0.15) is 26.7 Å². The van der Waals surface area contributed by atoms with Crippen LogP contribution in [0, 0.1) is 0 Å². The minimum absolute atomic E-state index is 0.128. The van der Waals surface area contributed by atoms with Gasteiger partial charge < -0.3 is 9.47 Å². The molecule has 1 aliphatic rings. The van der Waals surface area contributed by atoms with Crippen LogP contribution in [0.2, 0.25) is 0 Å². The van der Waals surface area contributed by atoms with Gasteiger partial charge in [-0.05, 0) is 13.3 Å². The molecule has 3 unspecified atom stereocenters. The average molecular weight is 218 g/mol. The maximum Gasteiger partial charge on any atom is 0.306 e. The molecule has 0 aliphatic carbocycles. The van der Waals surface area contributed by atoms with Crippen molar-refractivity contribution in [1.82, 2.24) is 0 Å². The molecule has 0 N–H and O–H groups in total. The van der Waals surface area contributed by atoms with E-state index in [1.54, 1.807) is 0 Å². The maximum atomic E-state index is 11.0. The Morgan fingerprint density at radius 2 is 2.43 bits per heavy atom. The summed E-state index contributed by atoms with van der Waals surface area (Å²) in [6, 6.07) is 0. The predicted octanol–water partition coefficient (Wildman–Crippen LogP) is 1.85. The van der Waals surface area contributed by atoms with Crippen LogP contribution in [-0.2, 0) is 14.3 Å². The third-order valence-electron chi connectivity index (χ3n) is 2.40. The summed E-state index contributed by atoms with van der Waals surface area (Å²) in [5, 5.41) is 0.853. The second-order valence-corrected chi connectivity index (χ2v) is 5.31. The van der Waals surface area contributed by atoms with Crippen LogP contribution in [0.3, 0.4) is 0 Å². The Balaban J connectivity index is 2.25. The standard InChI is InChI=1S/C10H18O3S/c1-7(6-10(11)12-3)14-9-4-5-13-8(9)2/h7-9H,4-6H2,1-3H3. The van der Waals surface area contributed by atoms with E-state index in [1.165, 1.54) is 7.11 Å². The quantitative estimate of drug-likeness (QED) is 0.675. The lowest BCUT2D eigenvalue weighted by molar-refractivity contribution is -0.140. The Labute approximate surface area is 89.5 Å². The molecular formula is C10H18O3S. The van der Waals surface area contributed by atoms with Crippen LogP contribution in [0.5, 0.6) is 0 Å². The van der Waals surface area contributed by atoms with Crippen molar-refractivity contribution in [2.45, 2.75) is 43.3 Å². The Hall–Kier alpha value is -0.220. The minimum atomic E-state index is -0.128. The van der Waals surface area contributed by atoms with Crippen LogP contribution in [0.15, 0.2) is 0 Å². The van der Waals surface area contributed by atoms with Gasteiger partial charge in [-0.25, -0.2) is 0 Å². The highest BCUT2D eigenvalue weighted by atomic mass is 32.2. The van der Waals surface area contributed by atoms with Crippen LogP contribution in [0.4, 0.5) is 0 Å². The molecule has 0 radical (unpaired) electrons. The lowest BCUT2D eigenvalue weighted by atomic mass is 10.2. The fraction of sp³-hybridized carbons (Fsp3) is 0.900. The van der Waals surface area contributed by atoms with Crippen LogP contribution >= 0.6 is 11.8 Å². The van der Waals surface area contributed by atoms with Crippen molar-refractivity contribution < 1.29 is 14.3 Å². The Morgan fingerprint density at radius 3 is 2.93 bits per heavy atom. The van der Waals surface area contributed by atoms with Gasteiger partial charge >= 0.3 is 5.97 Å². The van der Waals surface area contributed by atoms with E-state index >= 15 is 0 Å². The van der Waals surface area contributed by atoms with E-state index in [-0.39, 0.29) is 5.97 Å². The van der Waals surface area contributed by atoms with Crippen molar-refractivity contribution in [3.05, 3.63) is 0 Å². The van der Waals surface area contributed by atoms with Crippen LogP contribution in [-0.4, -0.2) is 36.3 Å². The van der Waals surface area contributed by atoms with Gasteiger partial charge in [0.1, 0.15) is 0 Å². The first-order chi connectivity index (χ1) is 6.63. The lowest BCUT2D eigenvalue weighted by Crippen LogP contribution is -2.18. The number of carbonyl (C=O) groups excluding carboxylic acids is 1.